The Morgan fingerprint density at radius 1 is 0.269 bits per heavy atom. The molecule has 0 saturated carbocycles. The number of unbranched alkanes of at least 4 members (excludes halogenated alkanes) is 3. The van der Waals surface area contributed by atoms with Gasteiger partial charge in [0.2, 0.25) is 0 Å². The molecule has 0 saturated heterocycles. The van der Waals surface area contributed by atoms with E-state index in [0.717, 1.165) is 38.8 Å². The number of nitrogens with zero attached hydrogens (tertiary/aromatic N) is 2. The van der Waals surface area contributed by atoms with Crippen LogP contribution in [0.5, 0.6) is 0 Å². The summed E-state index contributed by atoms with van der Waals surface area (Å²) in [7, 11) is 0. The van der Waals surface area contributed by atoms with E-state index in [1.54, 1.807) is 24.3 Å². The summed E-state index contributed by atoms with van der Waals surface area (Å²) in [6.07, 6.45) is 19.6. The van der Waals surface area contributed by atoms with Crippen molar-refractivity contribution in [3.05, 3.63) is 48.6 Å². The number of hydrogen-bond donors (Lipinski definition) is 20. The second kappa shape index (κ2) is 20.7. The molecule has 22 heteroatoms. The van der Waals surface area contributed by atoms with E-state index in [9.17, 15) is 0 Å². The van der Waals surface area contributed by atoms with Gasteiger partial charge in [0.15, 0.2) is 23.1 Å². The Kier molecular flexibility index (Phi) is 19.9. The molecule has 0 aliphatic heterocycles. The summed E-state index contributed by atoms with van der Waals surface area (Å²) >= 11 is 0. The second-order valence-corrected chi connectivity index (χ2v) is 14.3. The van der Waals surface area contributed by atoms with E-state index in [-0.39, 0.29) is 0 Å². The SMILES string of the molecule is NC(N)(N)C(N)(N)C=CCCN(CCC=CC(N)(N)C(N)(N)N)CCCCCCN(CCC=CC(N)(N)C(N)(N)N)CCC=CC(N)(N)C(N)(N)N. The summed E-state index contributed by atoms with van der Waals surface area (Å²) in [6.45, 7) is 4.45. The summed E-state index contributed by atoms with van der Waals surface area (Å²) < 4.78 is 0. The van der Waals surface area contributed by atoms with Gasteiger partial charge >= 0.3 is 0 Å². The first-order valence-corrected chi connectivity index (χ1v) is 17.3. The van der Waals surface area contributed by atoms with Crippen molar-refractivity contribution in [2.24, 2.45) is 115 Å². The summed E-state index contributed by atoms with van der Waals surface area (Å²) in [5, 5.41) is 0. The lowest BCUT2D eigenvalue weighted by Gasteiger charge is -2.34. The highest BCUT2D eigenvalue weighted by atomic mass is 15.3. The lowest BCUT2D eigenvalue weighted by atomic mass is 10.0. The van der Waals surface area contributed by atoms with E-state index in [0.29, 0.717) is 51.9 Å². The van der Waals surface area contributed by atoms with Crippen LogP contribution in [0.2, 0.25) is 0 Å². The Labute approximate surface area is 309 Å². The highest BCUT2D eigenvalue weighted by Crippen LogP contribution is 2.10. The first kappa shape index (κ1) is 50.1. The summed E-state index contributed by atoms with van der Waals surface area (Å²) in [5.41, 5.74) is 109. The number of nitrogens with two attached hydrogens (primary N) is 20. The first-order chi connectivity index (χ1) is 23.4. The van der Waals surface area contributed by atoms with E-state index in [4.69, 9.17) is 115 Å². The van der Waals surface area contributed by atoms with Crippen molar-refractivity contribution in [3.63, 3.8) is 0 Å². The molecular weight excluding hydrogens is 668 g/mol. The minimum Gasteiger partial charge on any atom is -0.306 e. The van der Waals surface area contributed by atoms with Crippen molar-refractivity contribution in [1.29, 1.82) is 0 Å². The molecule has 0 fully saturated rings. The van der Waals surface area contributed by atoms with Crippen molar-refractivity contribution in [1.82, 2.24) is 9.80 Å². The van der Waals surface area contributed by atoms with Crippen LogP contribution in [-0.2, 0) is 0 Å². The van der Waals surface area contributed by atoms with Crippen LogP contribution in [-0.4, -0.2) is 94.9 Å². The molecule has 0 bridgehead atoms. The molecule has 0 aliphatic rings. The zero-order chi connectivity index (χ0) is 40.7. The van der Waals surface area contributed by atoms with Crippen molar-refractivity contribution in [2.45, 2.75) is 97.2 Å². The molecule has 0 rings (SSSR count). The van der Waals surface area contributed by atoms with Crippen molar-refractivity contribution in [2.75, 3.05) is 39.3 Å². The molecule has 0 unspecified atom stereocenters. The van der Waals surface area contributed by atoms with Gasteiger partial charge in [0.05, 0.1) is 0 Å². The fraction of sp³-hybridized carbons (Fsp3) is 0.733. The van der Waals surface area contributed by atoms with E-state index in [2.05, 4.69) is 9.80 Å². The normalized spacial score (nSPS) is 15.3. The van der Waals surface area contributed by atoms with Crippen LogP contribution in [0.15, 0.2) is 48.6 Å². The minimum absolute atomic E-state index is 0.625. The molecule has 0 aromatic rings. The molecule has 40 N–H and O–H groups in total. The molecule has 0 aliphatic carbocycles. The van der Waals surface area contributed by atoms with Gasteiger partial charge in [-0.2, -0.15) is 0 Å². The first-order valence-electron chi connectivity index (χ1n) is 17.3. The maximum atomic E-state index is 5.95. The van der Waals surface area contributed by atoms with E-state index in [1.807, 2.05) is 0 Å². The molecular formula is C30H76N22. The van der Waals surface area contributed by atoms with Crippen molar-refractivity contribution in [3.8, 4) is 0 Å². The maximum Gasteiger partial charge on any atom is 0.152 e. The molecule has 0 radical (unpaired) electrons. The molecule has 0 aromatic carbocycles. The maximum absolute atomic E-state index is 5.95. The molecule has 0 atom stereocenters. The third-order valence-corrected chi connectivity index (χ3v) is 8.72. The van der Waals surface area contributed by atoms with E-state index >= 15 is 0 Å². The zero-order valence-electron chi connectivity index (χ0n) is 31.0. The molecule has 22 nitrogen and oxygen atoms in total. The molecule has 52 heavy (non-hydrogen) atoms. The topological polar surface area (TPSA) is 527 Å². The summed E-state index contributed by atoms with van der Waals surface area (Å²) in [6, 6.07) is 0. The van der Waals surface area contributed by atoms with Crippen LogP contribution < -0.4 is 115 Å². The van der Waals surface area contributed by atoms with E-state index in [1.165, 1.54) is 24.3 Å². The summed E-state index contributed by atoms with van der Waals surface area (Å²) in [4.78, 5) is 4.57. The minimum atomic E-state index is -1.78. The Balaban J connectivity index is 5.32. The van der Waals surface area contributed by atoms with Gasteiger partial charge in [-0.15, -0.1) is 0 Å². The fourth-order valence-corrected chi connectivity index (χ4v) is 4.41. The van der Waals surface area contributed by atoms with Gasteiger partial charge in [-0.1, -0.05) is 37.1 Å². The predicted molar refractivity (Wildman–Crippen MR) is 212 cm³/mol. The van der Waals surface area contributed by atoms with Crippen LogP contribution in [0.3, 0.4) is 0 Å². The van der Waals surface area contributed by atoms with Crippen LogP contribution >= 0.6 is 0 Å². The summed E-state index contributed by atoms with van der Waals surface area (Å²) in [5.74, 6) is -7.12. The van der Waals surface area contributed by atoms with Crippen LogP contribution in [0.4, 0.5) is 0 Å². The monoisotopic (exact) mass is 745 g/mol. The van der Waals surface area contributed by atoms with Crippen LogP contribution in [0.25, 0.3) is 0 Å². The quantitative estimate of drug-likeness (QED) is 0.0211. The van der Waals surface area contributed by atoms with Gasteiger partial charge in [0, 0.05) is 26.2 Å². The lowest BCUT2D eigenvalue weighted by Crippen LogP contribution is -2.80. The largest absolute Gasteiger partial charge is 0.306 e. The number of rotatable bonds is 27. The van der Waals surface area contributed by atoms with Crippen LogP contribution in [0, 0.1) is 0 Å². The Morgan fingerprint density at radius 3 is 0.635 bits per heavy atom. The predicted octanol–water partition coefficient (Wildman–Crippen LogP) is -8.49. The Bertz CT molecular complexity index is 950. The molecule has 0 spiro atoms. The number of hydrogen-bond acceptors (Lipinski definition) is 22. The Hall–Kier alpha value is -1.92. The van der Waals surface area contributed by atoms with Crippen LogP contribution in [0.1, 0.15) is 51.4 Å². The molecule has 0 amide bonds. The van der Waals surface area contributed by atoms with E-state index < -0.39 is 45.8 Å². The van der Waals surface area contributed by atoms with Crippen molar-refractivity contribution >= 4 is 0 Å². The third-order valence-electron chi connectivity index (χ3n) is 8.72. The van der Waals surface area contributed by atoms with Gasteiger partial charge in [-0.05, 0) is 75.9 Å². The van der Waals surface area contributed by atoms with Crippen molar-refractivity contribution < 1.29 is 0 Å². The van der Waals surface area contributed by atoms with Gasteiger partial charge < -0.3 is 55.7 Å². The standard InChI is InChI=1S/C30H76N22/c31-23(32,27(39,40)41)13-3-9-19-51(20-10-4-14-24(33,34)28(42,43)44)17-7-1-2-8-18-52(21-11-5-15-25(35,36)29(45,46)47)22-12-6-16-26(37,38)30(48,49)50/h3-6,13-16H,1-2,7-12,17-22,31-50H2. The fourth-order valence-electron chi connectivity index (χ4n) is 4.41. The average molecular weight is 745 g/mol. The van der Waals surface area contributed by atoms with Gasteiger partial charge in [0.1, 0.15) is 22.7 Å². The highest BCUT2D eigenvalue weighted by molar-refractivity contribution is 5.13. The van der Waals surface area contributed by atoms with Gasteiger partial charge in [-0.25, -0.2) is 0 Å². The second-order valence-electron chi connectivity index (χ2n) is 14.3. The Morgan fingerprint density at radius 2 is 0.462 bits per heavy atom. The molecule has 306 valence electrons. The van der Waals surface area contributed by atoms with Gasteiger partial charge in [-0.3, -0.25) is 68.8 Å². The smallest absolute Gasteiger partial charge is 0.152 e. The average Bonchev–Trinajstić information content (AvgIpc) is 2.96. The zero-order valence-corrected chi connectivity index (χ0v) is 31.0. The highest BCUT2D eigenvalue weighted by Gasteiger charge is 2.36. The van der Waals surface area contributed by atoms with Gasteiger partial charge in [0.25, 0.3) is 0 Å². The third kappa shape index (κ3) is 18.9. The molecule has 0 heterocycles. The molecule has 0 aromatic heterocycles. The lowest BCUT2D eigenvalue weighted by molar-refractivity contribution is 0.262.